The summed E-state index contributed by atoms with van der Waals surface area (Å²) in [7, 11) is 0. The van der Waals surface area contributed by atoms with Crippen molar-refractivity contribution in [3.63, 3.8) is 0 Å². The first-order valence-electron chi connectivity index (χ1n) is 6.80. The van der Waals surface area contributed by atoms with E-state index in [0.717, 1.165) is 0 Å². The van der Waals surface area contributed by atoms with Gasteiger partial charge in [-0.05, 0) is 13.8 Å². The second-order valence-corrected chi connectivity index (χ2v) is 5.47. The van der Waals surface area contributed by atoms with Crippen LogP contribution in [0.1, 0.15) is 36.5 Å². The number of nitrogens with zero attached hydrogens (tertiary/aromatic N) is 2. The first-order chi connectivity index (χ1) is 11.2. The third kappa shape index (κ3) is 6.48. The van der Waals surface area contributed by atoms with Gasteiger partial charge >= 0.3 is 12.4 Å². The predicted molar refractivity (Wildman–Crippen MR) is 76.6 cm³/mol. The number of rotatable bonds is 5. The van der Waals surface area contributed by atoms with Crippen molar-refractivity contribution in [1.29, 1.82) is 0 Å². The number of hydrogen-bond acceptors (Lipinski definition) is 4. The maximum atomic E-state index is 12.7. The Balaban J connectivity index is 3.14. The van der Waals surface area contributed by atoms with Crippen molar-refractivity contribution >= 4 is 11.7 Å². The molecule has 0 aromatic carbocycles. The molecule has 0 aliphatic rings. The fraction of sp³-hybridized carbons (Fsp3) is 0.500. The second kappa shape index (κ2) is 7.16. The summed E-state index contributed by atoms with van der Waals surface area (Å²) in [5, 5.41) is 4.41. The molecule has 25 heavy (non-hydrogen) atoms. The van der Waals surface area contributed by atoms with Gasteiger partial charge in [-0.25, -0.2) is 9.97 Å². The zero-order valence-electron chi connectivity index (χ0n) is 13.1. The van der Waals surface area contributed by atoms with Gasteiger partial charge in [0.1, 0.15) is 11.4 Å². The maximum Gasteiger partial charge on any atom is 0.451 e. The molecule has 0 aliphatic carbocycles. The van der Waals surface area contributed by atoms with Gasteiger partial charge in [0.2, 0.25) is 5.82 Å². The number of halogens is 6. The van der Waals surface area contributed by atoms with Crippen molar-refractivity contribution in [3.8, 4) is 12.3 Å². The van der Waals surface area contributed by atoms with E-state index in [1.807, 2.05) is 0 Å². The van der Waals surface area contributed by atoms with Crippen molar-refractivity contribution in [3.05, 3.63) is 17.6 Å². The van der Waals surface area contributed by atoms with Gasteiger partial charge in [0, 0.05) is 12.7 Å². The van der Waals surface area contributed by atoms with E-state index < -0.39 is 54.0 Å². The number of aromatic nitrogens is 2. The summed E-state index contributed by atoms with van der Waals surface area (Å²) in [6.45, 7) is 2.13. The molecule has 0 atom stereocenters. The molecule has 1 aromatic rings. The Bertz CT molecular complexity index is 675. The van der Waals surface area contributed by atoms with E-state index in [9.17, 15) is 31.1 Å². The van der Waals surface area contributed by atoms with E-state index in [2.05, 4.69) is 26.5 Å². The van der Waals surface area contributed by atoms with E-state index >= 15 is 0 Å². The molecule has 5 nitrogen and oxygen atoms in total. The van der Waals surface area contributed by atoms with Crippen LogP contribution in [0.2, 0.25) is 0 Å². The highest BCUT2D eigenvalue weighted by molar-refractivity contribution is 5.99. The quantitative estimate of drug-likeness (QED) is 0.619. The van der Waals surface area contributed by atoms with Crippen LogP contribution < -0.4 is 10.6 Å². The number of amides is 1. The molecule has 138 valence electrons. The average molecular weight is 368 g/mol. The molecular weight excluding hydrogens is 354 g/mol. The van der Waals surface area contributed by atoms with Crippen LogP contribution in [0.4, 0.5) is 32.2 Å². The Morgan fingerprint density at radius 2 is 1.84 bits per heavy atom. The SMILES string of the molecule is C#CC(C)(C)NC(=O)c1cnc(C(F)(F)F)nc1NCCC(F)(F)F. The first kappa shape index (κ1) is 20.5. The van der Waals surface area contributed by atoms with E-state index in [0.29, 0.717) is 6.20 Å². The topological polar surface area (TPSA) is 66.9 Å². The predicted octanol–water partition coefficient (Wildman–Crippen LogP) is 3.00. The van der Waals surface area contributed by atoms with Crippen LogP contribution in [0.5, 0.6) is 0 Å². The highest BCUT2D eigenvalue weighted by Gasteiger charge is 2.36. The third-order valence-corrected chi connectivity index (χ3v) is 2.77. The highest BCUT2D eigenvalue weighted by atomic mass is 19.4. The molecule has 0 saturated heterocycles. The molecular formula is C14H14F6N4O. The van der Waals surface area contributed by atoms with E-state index in [4.69, 9.17) is 6.42 Å². The summed E-state index contributed by atoms with van der Waals surface area (Å²) in [5.41, 5.74) is -1.60. The summed E-state index contributed by atoms with van der Waals surface area (Å²) < 4.78 is 74.6. The monoisotopic (exact) mass is 368 g/mol. The average Bonchev–Trinajstić information content (AvgIpc) is 2.44. The largest absolute Gasteiger partial charge is 0.451 e. The number of alkyl halides is 6. The van der Waals surface area contributed by atoms with Crippen molar-refractivity contribution in [1.82, 2.24) is 15.3 Å². The summed E-state index contributed by atoms with van der Waals surface area (Å²) in [6, 6.07) is 0. The summed E-state index contributed by atoms with van der Waals surface area (Å²) in [5.74, 6) is -0.944. The van der Waals surface area contributed by atoms with Gasteiger partial charge in [0.05, 0.1) is 12.0 Å². The number of carbonyl (C=O) groups excluding carboxylic acids is 1. The Morgan fingerprint density at radius 3 is 2.32 bits per heavy atom. The van der Waals surface area contributed by atoms with Crippen molar-refractivity contribution in [2.24, 2.45) is 0 Å². The zero-order chi connectivity index (χ0) is 19.5. The molecule has 0 unspecified atom stereocenters. The fourth-order valence-corrected chi connectivity index (χ4v) is 1.53. The van der Waals surface area contributed by atoms with Crippen LogP contribution in [0.25, 0.3) is 0 Å². The van der Waals surface area contributed by atoms with Crippen molar-refractivity contribution in [2.75, 3.05) is 11.9 Å². The van der Waals surface area contributed by atoms with Gasteiger partial charge in [0.25, 0.3) is 5.91 Å². The first-order valence-corrected chi connectivity index (χ1v) is 6.80. The number of anilines is 1. The molecule has 1 amide bonds. The Labute approximate surface area is 139 Å². The molecule has 1 heterocycles. The Kier molecular flexibility index (Phi) is 5.88. The zero-order valence-corrected chi connectivity index (χ0v) is 13.1. The minimum absolute atomic E-state index is 0.460. The summed E-state index contributed by atoms with van der Waals surface area (Å²) in [4.78, 5) is 18.3. The van der Waals surface area contributed by atoms with Crippen LogP contribution in [0.15, 0.2) is 6.20 Å². The highest BCUT2D eigenvalue weighted by Crippen LogP contribution is 2.28. The van der Waals surface area contributed by atoms with Gasteiger partial charge in [-0.15, -0.1) is 6.42 Å². The normalized spacial score (nSPS) is 12.4. The van der Waals surface area contributed by atoms with Gasteiger partial charge in [-0.3, -0.25) is 4.79 Å². The number of hydrogen-bond donors (Lipinski definition) is 2. The van der Waals surface area contributed by atoms with Crippen LogP contribution in [-0.2, 0) is 6.18 Å². The van der Waals surface area contributed by atoms with Crippen LogP contribution >= 0.6 is 0 Å². The number of terminal acetylenes is 1. The number of nitrogens with one attached hydrogen (secondary N) is 2. The lowest BCUT2D eigenvalue weighted by atomic mass is 10.1. The summed E-state index contributed by atoms with van der Waals surface area (Å²) >= 11 is 0. The van der Waals surface area contributed by atoms with E-state index in [-0.39, 0.29) is 0 Å². The maximum absolute atomic E-state index is 12.7. The number of carbonyl (C=O) groups is 1. The molecule has 0 saturated carbocycles. The van der Waals surface area contributed by atoms with Gasteiger partial charge in [-0.2, -0.15) is 26.3 Å². The van der Waals surface area contributed by atoms with Gasteiger partial charge in [0.15, 0.2) is 0 Å². The lowest BCUT2D eigenvalue weighted by Crippen LogP contribution is -2.42. The van der Waals surface area contributed by atoms with Crippen molar-refractivity contribution in [2.45, 2.75) is 38.2 Å². The molecule has 2 N–H and O–H groups in total. The molecule has 0 bridgehead atoms. The minimum Gasteiger partial charge on any atom is -0.369 e. The standard InChI is InChI=1S/C14H14F6N4O/c1-4-12(2,3)24-10(25)8-7-22-11(14(18,19)20)23-9(8)21-6-5-13(15,16)17/h1,7H,5-6H2,2-3H3,(H,24,25)(H,21,22,23). The smallest absolute Gasteiger partial charge is 0.369 e. The molecule has 0 aliphatic heterocycles. The fourth-order valence-electron chi connectivity index (χ4n) is 1.53. The van der Waals surface area contributed by atoms with Gasteiger partial charge < -0.3 is 10.6 Å². The van der Waals surface area contributed by atoms with E-state index in [1.165, 1.54) is 13.8 Å². The van der Waals surface area contributed by atoms with Crippen LogP contribution in [0, 0.1) is 12.3 Å². The van der Waals surface area contributed by atoms with Crippen LogP contribution in [-0.4, -0.2) is 34.1 Å². The molecule has 1 aromatic heterocycles. The lowest BCUT2D eigenvalue weighted by Gasteiger charge is -2.21. The Morgan fingerprint density at radius 1 is 1.24 bits per heavy atom. The molecule has 11 heteroatoms. The Hall–Kier alpha value is -2.51. The third-order valence-electron chi connectivity index (χ3n) is 2.77. The van der Waals surface area contributed by atoms with Crippen LogP contribution in [0.3, 0.4) is 0 Å². The van der Waals surface area contributed by atoms with Gasteiger partial charge in [-0.1, -0.05) is 5.92 Å². The summed E-state index contributed by atoms with van der Waals surface area (Å²) in [6.07, 6.45) is -5.00. The lowest BCUT2D eigenvalue weighted by molar-refractivity contribution is -0.145. The molecule has 1 rings (SSSR count). The second-order valence-electron chi connectivity index (χ2n) is 5.47. The van der Waals surface area contributed by atoms with Crippen molar-refractivity contribution < 1.29 is 31.1 Å². The minimum atomic E-state index is -4.92. The molecule has 0 radical (unpaired) electrons. The molecule has 0 fully saturated rings. The van der Waals surface area contributed by atoms with E-state index in [1.54, 1.807) is 0 Å². The molecule has 0 spiro atoms.